The zero-order valence-corrected chi connectivity index (χ0v) is 21.1. The molecule has 3 rings (SSSR count). The van der Waals surface area contributed by atoms with Crippen molar-refractivity contribution in [2.45, 2.75) is 32.6 Å². The molecule has 0 bridgehead atoms. The summed E-state index contributed by atoms with van der Waals surface area (Å²) in [5, 5.41) is 51.1. The zero-order chi connectivity index (χ0) is 26.3. The lowest BCUT2D eigenvalue weighted by Crippen LogP contribution is -1.99. The van der Waals surface area contributed by atoms with E-state index in [1.54, 1.807) is 51.1 Å². The summed E-state index contributed by atoms with van der Waals surface area (Å²) in [6, 6.07) is 12.0. The second-order valence-electron chi connectivity index (χ2n) is 6.40. The lowest BCUT2D eigenvalue weighted by Gasteiger charge is -2.08. The summed E-state index contributed by atoms with van der Waals surface area (Å²) in [6.45, 7) is 7.62. The second-order valence-corrected chi connectivity index (χ2v) is 7.79. The first-order chi connectivity index (χ1) is 16.0. The van der Waals surface area contributed by atoms with Crippen LogP contribution in [0.5, 0.6) is 11.5 Å². The number of benzene rings is 3. The third-order valence-electron chi connectivity index (χ3n) is 3.62. The maximum absolute atomic E-state index is 11.5. The molecule has 0 aliphatic rings. The molecule has 0 saturated carbocycles. The number of phenols is 2. The lowest BCUT2D eigenvalue weighted by molar-refractivity contribution is 0.318. The molecular weight excluding hydrogens is 478 g/mol. The molecule has 0 saturated heterocycles. The first kappa shape index (κ1) is 34.0. The van der Waals surface area contributed by atoms with Crippen molar-refractivity contribution in [3.05, 3.63) is 54.1 Å². The maximum atomic E-state index is 11.5. The number of rotatable bonds is 3. The van der Waals surface area contributed by atoms with Crippen LogP contribution in [0, 0.1) is 6.92 Å². The number of phenolic OH excluding ortho intramolecular Hbond substituents is 2. The number of aromatic hydroxyl groups is 2. The fourth-order valence-electron chi connectivity index (χ4n) is 2.45. The lowest BCUT2D eigenvalue weighted by atomic mass is 10.1. The van der Waals surface area contributed by atoms with Gasteiger partial charge in [-0.3, -0.25) is 4.55 Å². The largest absolute Gasteiger partial charge is 0.506 e. The number of aliphatic hydroxyl groups excluding tert-OH is 3. The average Bonchev–Trinajstić information content (AvgIpc) is 2.76. The van der Waals surface area contributed by atoms with Crippen molar-refractivity contribution in [1.82, 2.24) is 6.15 Å². The standard InChI is InChI=1S/C17H14N2O5S.3C2H6O.H3N/c1-10-6-7-14(20)13(8-10)18-19-17-12-5-3-2-4-11(12)16(9-15(17)21)25(22,23)24;3*1-2-3;/h2-9,20-21H,1H3,(H,22,23,24);3*3H,2H2,1H3;1H3. The van der Waals surface area contributed by atoms with Gasteiger partial charge in [0.2, 0.25) is 0 Å². The Morgan fingerprint density at radius 1 is 0.771 bits per heavy atom. The molecular formula is C23H35N3O8S. The summed E-state index contributed by atoms with van der Waals surface area (Å²) in [7, 11) is -4.52. The van der Waals surface area contributed by atoms with Crippen molar-refractivity contribution in [2.24, 2.45) is 10.2 Å². The number of aliphatic hydroxyl groups is 3. The fraction of sp³-hybridized carbons (Fsp3) is 0.304. The van der Waals surface area contributed by atoms with Gasteiger partial charge in [0.1, 0.15) is 27.8 Å². The van der Waals surface area contributed by atoms with E-state index < -0.39 is 20.8 Å². The van der Waals surface area contributed by atoms with Gasteiger partial charge in [-0.1, -0.05) is 30.3 Å². The molecule has 0 radical (unpaired) electrons. The van der Waals surface area contributed by atoms with Gasteiger partial charge in [-0.2, -0.15) is 8.42 Å². The summed E-state index contributed by atoms with van der Waals surface area (Å²) >= 11 is 0. The van der Waals surface area contributed by atoms with Crippen LogP contribution >= 0.6 is 0 Å². The highest BCUT2D eigenvalue weighted by atomic mass is 32.2. The van der Waals surface area contributed by atoms with Crippen LogP contribution in [-0.4, -0.2) is 58.3 Å². The van der Waals surface area contributed by atoms with Gasteiger partial charge < -0.3 is 31.7 Å². The molecule has 0 aromatic heterocycles. The Balaban J connectivity index is 0. The number of fused-ring (bicyclic) bond motifs is 1. The molecule has 0 unspecified atom stereocenters. The zero-order valence-electron chi connectivity index (χ0n) is 20.2. The Labute approximate surface area is 205 Å². The highest BCUT2D eigenvalue weighted by Gasteiger charge is 2.19. The normalized spacial score (nSPS) is 10.2. The third kappa shape index (κ3) is 11.2. The van der Waals surface area contributed by atoms with Crippen LogP contribution in [0.25, 0.3) is 10.8 Å². The first-order valence-corrected chi connectivity index (χ1v) is 11.7. The minimum absolute atomic E-state index is 0. The molecule has 11 nitrogen and oxygen atoms in total. The van der Waals surface area contributed by atoms with Crippen LogP contribution in [0.3, 0.4) is 0 Å². The molecule has 35 heavy (non-hydrogen) atoms. The van der Waals surface area contributed by atoms with Crippen LogP contribution < -0.4 is 6.15 Å². The molecule has 0 aliphatic carbocycles. The van der Waals surface area contributed by atoms with Crippen LogP contribution in [0.2, 0.25) is 0 Å². The third-order valence-corrected chi connectivity index (χ3v) is 4.52. The minimum atomic E-state index is -4.52. The summed E-state index contributed by atoms with van der Waals surface area (Å²) in [5.74, 6) is -0.532. The van der Waals surface area contributed by atoms with E-state index in [1.165, 1.54) is 12.1 Å². The molecule has 196 valence electrons. The SMILES string of the molecule is CCO.CCO.CCO.Cc1ccc(O)c(N=Nc2c(O)cc(S(=O)(=O)O)c3ccccc23)c1.N. The smallest absolute Gasteiger partial charge is 0.295 e. The highest BCUT2D eigenvalue weighted by Crippen LogP contribution is 2.40. The van der Waals surface area contributed by atoms with Gasteiger partial charge in [-0.15, -0.1) is 10.2 Å². The van der Waals surface area contributed by atoms with Gasteiger partial charge in [0.25, 0.3) is 10.1 Å². The number of nitrogens with zero attached hydrogens (tertiary/aromatic N) is 2. The Bertz CT molecular complexity index is 1160. The number of azo groups is 1. The van der Waals surface area contributed by atoms with Crippen molar-refractivity contribution in [1.29, 1.82) is 0 Å². The van der Waals surface area contributed by atoms with Crippen molar-refractivity contribution < 1.29 is 38.5 Å². The monoisotopic (exact) mass is 513 g/mol. The van der Waals surface area contributed by atoms with E-state index in [2.05, 4.69) is 10.2 Å². The molecule has 0 fully saturated rings. The molecule has 0 amide bonds. The number of hydrogen-bond acceptors (Lipinski definition) is 10. The van der Waals surface area contributed by atoms with Crippen LogP contribution in [0.4, 0.5) is 11.4 Å². The maximum Gasteiger partial charge on any atom is 0.295 e. The quantitative estimate of drug-likeness (QED) is 0.195. The molecule has 9 N–H and O–H groups in total. The number of hydrogen-bond donors (Lipinski definition) is 7. The minimum Gasteiger partial charge on any atom is -0.506 e. The van der Waals surface area contributed by atoms with Crippen LogP contribution in [0.15, 0.2) is 63.7 Å². The topological polar surface area (TPSA) is 215 Å². The van der Waals surface area contributed by atoms with Gasteiger partial charge in [-0.25, -0.2) is 0 Å². The fourth-order valence-corrected chi connectivity index (χ4v) is 3.17. The number of aryl methyl sites for hydroxylation is 1. The van der Waals surface area contributed by atoms with Gasteiger partial charge in [-0.05, 0) is 45.4 Å². The highest BCUT2D eigenvalue weighted by molar-refractivity contribution is 7.86. The Hall–Kier alpha value is -3.13. The van der Waals surface area contributed by atoms with E-state index in [1.807, 2.05) is 6.92 Å². The van der Waals surface area contributed by atoms with E-state index in [0.29, 0.717) is 5.39 Å². The van der Waals surface area contributed by atoms with E-state index in [0.717, 1.165) is 11.6 Å². The van der Waals surface area contributed by atoms with E-state index in [-0.39, 0.29) is 48.5 Å². The van der Waals surface area contributed by atoms with Crippen molar-refractivity contribution in [2.75, 3.05) is 19.8 Å². The van der Waals surface area contributed by atoms with Gasteiger partial charge in [0.05, 0.1) is 0 Å². The van der Waals surface area contributed by atoms with Gasteiger partial charge in [0.15, 0.2) is 0 Å². The summed E-state index contributed by atoms with van der Waals surface area (Å²) in [5.41, 5.74) is 1.11. The molecule has 0 spiro atoms. The Morgan fingerprint density at radius 2 is 1.26 bits per heavy atom. The summed E-state index contributed by atoms with van der Waals surface area (Å²) in [6.07, 6.45) is 0. The van der Waals surface area contributed by atoms with Crippen molar-refractivity contribution in [3.8, 4) is 11.5 Å². The predicted molar refractivity (Wildman–Crippen MR) is 136 cm³/mol. The summed E-state index contributed by atoms with van der Waals surface area (Å²) in [4.78, 5) is -0.419. The molecule has 3 aromatic rings. The molecule has 3 aromatic carbocycles. The van der Waals surface area contributed by atoms with Gasteiger partial charge >= 0.3 is 0 Å². The second kappa shape index (κ2) is 17.3. The predicted octanol–water partition coefficient (Wildman–Crippen LogP) is 4.38. The molecule has 0 atom stereocenters. The molecule has 0 aliphatic heterocycles. The van der Waals surface area contributed by atoms with Crippen molar-refractivity contribution >= 4 is 32.3 Å². The van der Waals surface area contributed by atoms with E-state index in [4.69, 9.17) is 15.3 Å². The van der Waals surface area contributed by atoms with Gasteiger partial charge in [0, 0.05) is 36.7 Å². The average molecular weight is 514 g/mol. The summed E-state index contributed by atoms with van der Waals surface area (Å²) < 4.78 is 32.4. The van der Waals surface area contributed by atoms with Crippen molar-refractivity contribution in [3.63, 3.8) is 0 Å². The Kier molecular flexibility index (Phi) is 16.9. The molecule has 12 heteroatoms. The first-order valence-electron chi connectivity index (χ1n) is 10.3. The Morgan fingerprint density at radius 3 is 1.74 bits per heavy atom. The van der Waals surface area contributed by atoms with Crippen LogP contribution in [0.1, 0.15) is 26.3 Å². The van der Waals surface area contributed by atoms with Crippen LogP contribution in [-0.2, 0) is 10.1 Å². The molecule has 0 heterocycles. The van der Waals surface area contributed by atoms with E-state index in [9.17, 15) is 23.2 Å². The van der Waals surface area contributed by atoms with E-state index >= 15 is 0 Å².